The highest BCUT2D eigenvalue weighted by atomic mass is 32.1. The van der Waals surface area contributed by atoms with Crippen LogP contribution in [0.3, 0.4) is 0 Å². The second kappa shape index (κ2) is 7.74. The Balaban J connectivity index is 1.53. The van der Waals surface area contributed by atoms with Crippen LogP contribution in [0.1, 0.15) is 15.9 Å². The normalized spacial score (nSPS) is 14.0. The van der Waals surface area contributed by atoms with Crippen LogP contribution in [0.4, 0.5) is 9.52 Å². The maximum atomic E-state index is 14.2. The zero-order chi connectivity index (χ0) is 19.5. The van der Waals surface area contributed by atoms with Gasteiger partial charge >= 0.3 is 0 Å². The van der Waals surface area contributed by atoms with E-state index in [0.717, 1.165) is 5.13 Å². The van der Waals surface area contributed by atoms with Crippen molar-refractivity contribution >= 4 is 22.4 Å². The van der Waals surface area contributed by atoms with Crippen molar-refractivity contribution in [2.75, 3.05) is 31.1 Å². The van der Waals surface area contributed by atoms with E-state index in [0.29, 0.717) is 43.0 Å². The topological polar surface area (TPSA) is 73.1 Å². The number of carbonyl (C=O) groups is 1. The van der Waals surface area contributed by atoms with Crippen molar-refractivity contribution in [1.29, 1.82) is 5.26 Å². The van der Waals surface area contributed by atoms with Crippen LogP contribution in [0.15, 0.2) is 48.1 Å². The number of pyridine rings is 1. The summed E-state index contributed by atoms with van der Waals surface area (Å²) >= 11 is 1.57. The van der Waals surface area contributed by atoms with Gasteiger partial charge in [-0.1, -0.05) is 0 Å². The van der Waals surface area contributed by atoms with Gasteiger partial charge in [0.25, 0.3) is 5.91 Å². The highest BCUT2D eigenvalue weighted by Crippen LogP contribution is 2.23. The average Bonchev–Trinajstić information content (AvgIpc) is 3.28. The summed E-state index contributed by atoms with van der Waals surface area (Å²) in [6.45, 7) is 2.47. The van der Waals surface area contributed by atoms with Gasteiger partial charge in [-0.25, -0.2) is 9.37 Å². The van der Waals surface area contributed by atoms with Crippen LogP contribution in [0.2, 0.25) is 0 Å². The van der Waals surface area contributed by atoms with Crippen LogP contribution in [-0.2, 0) is 0 Å². The number of hydrogen-bond donors (Lipinski definition) is 0. The largest absolute Gasteiger partial charge is 0.345 e. The van der Waals surface area contributed by atoms with Crippen LogP contribution < -0.4 is 4.90 Å². The third-order valence-electron chi connectivity index (χ3n) is 4.59. The summed E-state index contributed by atoms with van der Waals surface area (Å²) in [6, 6.07) is 9.39. The molecule has 1 fully saturated rings. The molecule has 1 aliphatic rings. The summed E-state index contributed by atoms with van der Waals surface area (Å²) in [6.07, 6.45) is 3.26. The number of carbonyl (C=O) groups excluding carboxylic acids is 1. The van der Waals surface area contributed by atoms with Gasteiger partial charge < -0.3 is 9.80 Å². The maximum absolute atomic E-state index is 14.2. The highest BCUT2D eigenvalue weighted by Gasteiger charge is 2.24. The number of nitrogens with zero attached hydrogens (tertiary/aromatic N) is 5. The second-order valence-corrected chi connectivity index (χ2v) is 7.24. The summed E-state index contributed by atoms with van der Waals surface area (Å²) in [5.41, 5.74) is 1.64. The molecule has 0 saturated carbocycles. The minimum absolute atomic E-state index is 0.212. The monoisotopic (exact) mass is 393 g/mol. The summed E-state index contributed by atoms with van der Waals surface area (Å²) < 4.78 is 14.2. The molecule has 0 unspecified atom stereocenters. The van der Waals surface area contributed by atoms with E-state index in [-0.39, 0.29) is 11.5 Å². The van der Waals surface area contributed by atoms with Gasteiger partial charge in [0, 0.05) is 55.1 Å². The van der Waals surface area contributed by atoms with Gasteiger partial charge in [0.15, 0.2) is 5.13 Å². The Kier molecular flexibility index (Phi) is 5.00. The third kappa shape index (κ3) is 3.70. The number of nitriles is 1. The van der Waals surface area contributed by atoms with E-state index in [1.165, 1.54) is 18.3 Å². The molecule has 2 aromatic heterocycles. The van der Waals surface area contributed by atoms with Crippen molar-refractivity contribution in [3.05, 3.63) is 65.0 Å². The van der Waals surface area contributed by atoms with E-state index in [1.807, 2.05) is 11.4 Å². The summed E-state index contributed by atoms with van der Waals surface area (Å²) in [5.74, 6) is -0.720. The molecule has 0 N–H and O–H groups in total. The average molecular weight is 393 g/mol. The first-order valence-electron chi connectivity index (χ1n) is 8.75. The van der Waals surface area contributed by atoms with Crippen molar-refractivity contribution in [1.82, 2.24) is 14.9 Å². The maximum Gasteiger partial charge on any atom is 0.254 e. The van der Waals surface area contributed by atoms with Crippen LogP contribution >= 0.6 is 11.3 Å². The fourth-order valence-corrected chi connectivity index (χ4v) is 3.87. The molecule has 0 aliphatic carbocycles. The lowest BCUT2D eigenvalue weighted by Gasteiger charge is -2.34. The van der Waals surface area contributed by atoms with Gasteiger partial charge in [-0.05, 0) is 30.3 Å². The van der Waals surface area contributed by atoms with Crippen molar-refractivity contribution in [2.45, 2.75) is 0 Å². The Labute approximate surface area is 165 Å². The number of aromatic nitrogens is 2. The minimum Gasteiger partial charge on any atom is -0.345 e. The first-order valence-corrected chi connectivity index (χ1v) is 9.63. The minimum atomic E-state index is -0.508. The Morgan fingerprint density at radius 1 is 1.11 bits per heavy atom. The van der Waals surface area contributed by atoms with Gasteiger partial charge in [0.1, 0.15) is 5.82 Å². The fourth-order valence-electron chi connectivity index (χ4n) is 3.17. The van der Waals surface area contributed by atoms with Crippen molar-refractivity contribution < 1.29 is 9.18 Å². The number of thiazole rings is 1. The Morgan fingerprint density at radius 3 is 2.64 bits per heavy atom. The quantitative estimate of drug-likeness (QED) is 0.683. The molecule has 140 valence electrons. The molecular formula is C20H16FN5OS. The van der Waals surface area contributed by atoms with Crippen LogP contribution in [0, 0.1) is 17.1 Å². The summed E-state index contributed by atoms with van der Waals surface area (Å²) in [5, 5.41) is 11.9. The molecular weight excluding hydrogens is 377 g/mol. The number of piperazine rings is 1. The van der Waals surface area contributed by atoms with Gasteiger partial charge in [-0.2, -0.15) is 5.26 Å². The molecule has 1 aliphatic heterocycles. The number of rotatable bonds is 3. The van der Waals surface area contributed by atoms with Gasteiger partial charge in [0.05, 0.1) is 17.3 Å². The van der Waals surface area contributed by atoms with Gasteiger partial charge in [-0.15, -0.1) is 11.3 Å². The number of halogens is 1. The molecule has 3 heterocycles. The van der Waals surface area contributed by atoms with E-state index in [1.54, 1.807) is 40.6 Å². The standard InChI is InChI=1S/C20H16FN5OS/c21-17-11-15(18-9-14(13-22)1-2-23-18)10-16(12-17)19(27)25-4-6-26(7-5-25)20-24-3-8-28-20/h1-3,8-12H,4-7H2. The number of amides is 1. The number of anilines is 1. The SMILES string of the molecule is N#Cc1ccnc(-c2cc(F)cc(C(=O)N3CCN(c4nccs4)CC3)c2)c1. The van der Waals surface area contributed by atoms with Crippen molar-refractivity contribution in [3.63, 3.8) is 0 Å². The smallest absolute Gasteiger partial charge is 0.254 e. The lowest BCUT2D eigenvalue weighted by Crippen LogP contribution is -2.48. The van der Waals surface area contributed by atoms with E-state index in [2.05, 4.69) is 14.9 Å². The number of hydrogen-bond acceptors (Lipinski definition) is 6. The summed E-state index contributed by atoms with van der Waals surface area (Å²) in [4.78, 5) is 25.3. The highest BCUT2D eigenvalue weighted by molar-refractivity contribution is 7.13. The Bertz CT molecular complexity index is 1040. The molecule has 6 nitrogen and oxygen atoms in total. The first kappa shape index (κ1) is 18.1. The van der Waals surface area contributed by atoms with Crippen LogP contribution in [-0.4, -0.2) is 47.0 Å². The molecule has 1 saturated heterocycles. The predicted molar refractivity (Wildman–Crippen MR) is 105 cm³/mol. The molecule has 28 heavy (non-hydrogen) atoms. The molecule has 8 heteroatoms. The fraction of sp³-hybridized carbons (Fsp3) is 0.200. The van der Waals surface area contributed by atoms with E-state index < -0.39 is 5.82 Å². The van der Waals surface area contributed by atoms with Crippen LogP contribution in [0.5, 0.6) is 0 Å². The lowest BCUT2D eigenvalue weighted by atomic mass is 10.0. The van der Waals surface area contributed by atoms with Crippen molar-refractivity contribution in [2.24, 2.45) is 0 Å². The Hall–Kier alpha value is -3.31. The van der Waals surface area contributed by atoms with E-state index in [4.69, 9.17) is 5.26 Å². The third-order valence-corrected chi connectivity index (χ3v) is 5.42. The number of benzene rings is 1. The molecule has 4 rings (SSSR count). The molecule has 0 atom stereocenters. The first-order chi connectivity index (χ1) is 13.6. The Morgan fingerprint density at radius 2 is 1.93 bits per heavy atom. The molecule has 0 spiro atoms. The van der Waals surface area contributed by atoms with Gasteiger partial charge in [0.2, 0.25) is 0 Å². The molecule has 0 bridgehead atoms. The lowest BCUT2D eigenvalue weighted by molar-refractivity contribution is 0.0746. The molecule has 0 radical (unpaired) electrons. The predicted octanol–water partition coefficient (Wildman–Crippen LogP) is 3.18. The molecule has 3 aromatic rings. The zero-order valence-corrected chi connectivity index (χ0v) is 15.7. The molecule has 1 aromatic carbocycles. The van der Waals surface area contributed by atoms with Crippen molar-refractivity contribution in [3.8, 4) is 17.3 Å². The molecule has 1 amide bonds. The zero-order valence-electron chi connectivity index (χ0n) is 14.9. The summed E-state index contributed by atoms with van der Waals surface area (Å²) in [7, 11) is 0. The van der Waals surface area contributed by atoms with E-state index in [9.17, 15) is 9.18 Å². The van der Waals surface area contributed by atoms with Crippen LogP contribution in [0.25, 0.3) is 11.3 Å². The second-order valence-electron chi connectivity index (χ2n) is 6.36. The van der Waals surface area contributed by atoms with Gasteiger partial charge in [-0.3, -0.25) is 9.78 Å². The van der Waals surface area contributed by atoms with E-state index >= 15 is 0 Å².